The van der Waals surface area contributed by atoms with E-state index in [-0.39, 0.29) is 19.0 Å². The van der Waals surface area contributed by atoms with Gasteiger partial charge >= 0.3 is 0 Å². The fourth-order valence-electron chi connectivity index (χ4n) is 4.22. The Morgan fingerprint density at radius 2 is 2.00 bits per heavy atom. The van der Waals surface area contributed by atoms with E-state index >= 15 is 0 Å². The number of hydrogen-bond donors (Lipinski definition) is 3. The summed E-state index contributed by atoms with van der Waals surface area (Å²) in [4.78, 5) is 8.76. The molecule has 2 atom stereocenters. The Hall–Kier alpha value is -2.85. The Balaban J connectivity index is 0.00000289. The Bertz CT molecular complexity index is 938. The van der Waals surface area contributed by atoms with Crippen LogP contribution in [-0.4, -0.2) is 39.9 Å². The highest BCUT2D eigenvalue weighted by Gasteiger charge is 2.47. The molecule has 0 unspecified atom stereocenters. The van der Waals surface area contributed by atoms with E-state index in [1.807, 2.05) is 26.0 Å². The van der Waals surface area contributed by atoms with Crippen molar-refractivity contribution in [1.82, 2.24) is 9.97 Å². The van der Waals surface area contributed by atoms with Gasteiger partial charge in [-0.05, 0) is 56.2 Å². The first-order valence-electron chi connectivity index (χ1n) is 11.2. The number of nitrogens with one attached hydrogen (secondary N) is 2. The number of aromatic nitrogens is 2. The first kappa shape index (κ1) is 21.4. The van der Waals surface area contributed by atoms with Crippen LogP contribution in [0.15, 0.2) is 30.5 Å². The lowest BCUT2D eigenvalue weighted by atomic mass is 9.64. The van der Waals surface area contributed by atoms with Gasteiger partial charge in [0.2, 0.25) is 5.95 Å². The number of aliphatic hydroxyl groups excluding tert-OH is 1. The summed E-state index contributed by atoms with van der Waals surface area (Å²) in [5, 5.41) is 25.9. The molecule has 2 aliphatic rings. The minimum absolute atomic E-state index is 0. The van der Waals surface area contributed by atoms with E-state index in [1.54, 1.807) is 0 Å². The van der Waals surface area contributed by atoms with Crippen molar-refractivity contribution in [2.45, 2.75) is 70.6 Å². The lowest BCUT2D eigenvalue weighted by Gasteiger charge is -2.49. The average molecular weight is 424 g/mol. The molecule has 166 valence electrons. The van der Waals surface area contributed by atoms with Gasteiger partial charge in [0.1, 0.15) is 23.2 Å². The van der Waals surface area contributed by atoms with Gasteiger partial charge in [0.15, 0.2) is 0 Å². The molecule has 1 heterocycles. The van der Waals surface area contributed by atoms with Crippen LogP contribution in [0.2, 0.25) is 0 Å². The maximum Gasteiger partial charge on any atom is 0.224 e. The minimum Gasteiger partial charge on any atom is -0.490 e. The molecule has 0 radical (unpaired) electrons. The lowest BCUT2D eigenvalue weighted by molar-refractivity contribution is -0.0511. The largest absolute Gasteiger partial charge is 0.490 e. The third-order valence-electron chi connectivity index (χ3n) is 6.66. The highest BCUT2D eigenvalue weighted by molar-refractivity contribution is 5.54. The van der Waals surface area contributed by atoms with Crippen molar-refractivity contribution in [3.63, 3.8) is 0 Å². The normalized spacial score (nSPS) is 22.4. The van der Waals surface area contributed by atoms with Gasteiger partial charge in [-0.25, -0.2) is 4.98 Å². The van der Waals surface area contributed by atoms with Crippen molar-refractivity contribution in [3.05, 3.63) is 41.6 Å². The molecule has 0 spiro atoms. The van der Waals surface area contributed by atoms with E-state index in [0.717, 1.165) is 25.0 Å². The van der Waals surface area contributed by atoms with Gasteiger partial charge in [-0.15, -0.1) is 0 Å². The highest BCUT2D eigenvalue weighted by Crippen LogP contribution is 2.42. The number of nitrogens with zero attached hydrogens (tertiary/aromatic N) is 3. The molecule has 0 saturated heterocycles. The summed E-state index contributed by atoms with van der Waals surface area (Å²) in [6.07, 6.45) is 7.89. The summed E-state index contributed by atoms with van der Waals surface area (Å²) < 4.78 is 6.02. The average Bonchev–Trinajstić information content (AvgIpc) is 3.28. The van der Waals surface area contributed by atoms with Crippen LogP contribution >= 0.6 is 0 Å². The van der Waals surface area contributed by atoms with Crippen molar-refractivity contribution < 1.29 is 11.3 Å². The molecule has 0 amide bonds. The smallest absolute Gasteiger partial charge is 0.224 e. The first-order valence-corrected chi connectivity index (χ1v) is 11.2. The third kappa shape index (κ3) is 4.91. The van der Waals surface area contributed by atoms with Gasteiger partial charge in [-0.2, -0.15) is 10.2 Å². The van der Waals surface area contributed by atoms with Crippen LogP contribution in [0, 0.1) is 16.7 Å². The van der Waals surface area contributed by atoms with Gasteiger partial charge in [-0.1, -0.05) is 26.0 Å². The molecule has 0 aliphatic heterocycles. The van der Waals surface area contributed by atoms with Crippen molar-refractivity contribution in [2.75, 3.05) is 17.2 Å². The third-order valence-corrected chi connectivity index (χ3v) is 6.66. The molecule has 2 aromatic rings. The van der Waals surface area contributed by atoms with Crippen molar-refractivity contribution in [3.8, 4) is 11.8 Å². The van der Waals surface area contributed by atoms with E-state index in [4.69, 9.17) is 4.74 Å². The zero-order chi connectivity index (χ0) is 21.8. The second-order valence-corrected chi connectivity index (χ2v) is 9.18. The molecule has 7 heteroatoms. The lowest BCUT2D eigenvalue weighted by Crippen LogP contribution is -2.57. The van der Waals surface area contributed by atoms with Crippen LogP contribution < -0.4 is 15.4 Å². The van der Waals surface area contributed by atoms with Crippen LogP contribution in [0.3, 0.4) is 0 Å². The topological polar surface area (TPSA) is 103 Å². The Morgan fingerprint density at radius 1 is 1.26 bits per heavy atom. The van der Waals surface area contributed by atoms with Gasteiger partial charge in [0, 0.05) is 19.4 Å². The number of nitriles is 1. The number of hydrogen-bond acceptors (Lipinski definition) is 7. The van der Waals surface area contributed by atoms with Crippen LogP contribution in [0.4, 0.5) is 11.8 Å². The monoisotopic (exact) mass is 423 g/mol. The molecule has 4 rings (SSSR count). The quantitative estimate of drug-likeness (QED) is 0.586. The van der Waals surface area contributed by atoms with Gasteiger partial charge in [0.05, 0.1) is 18.4 Å². The van der Waals surface area contributed by atoms with E-state index in [9.17, 15) is 10.4 Å². The van der Waals surface area contributed by atoms with Gasteiger partial charge in [0.25, 0.3) is 0 Å². The fourth-order valence-corrected chi connectivity index (χ4v) is 4.22. The minimum atomic E-state index is -0.343. The predicted octanol–water partition coefficient (Wildman–Crippen LogP) is 4.14. The molecule has 31 heavy (non-hydrogen) atoms. The number of anilines is 2. The molecule has 2 fully saturated rings. The molecular weight excluding hydrogens is 390 g/mol. The summed E-state index contributed by atoms with van der Waals surface area (Å²) >= 11 is 0. The Kier molecular flexibility index (Phi) is 6.28. The molecule has 3 N–H and O–H groups in total. The van der Waals surface area contributed by atoms with Crippen LogP contribution in [0.5, 0.6) is 5.75 Å². The molecular formula is C24H33N5O2. The predicted molar refractivity (Wildman–Crippen MR) is 122 cm³/mol. The molecule has 2 aliphatic carbocycles. The summed E-state index contributed by atoms with van der Waals surface area (Å²) in [5.41, 5.74) is 1.36. The highest BCUT2D eigenvalue weighted by atomic mass is 16.5. The Morgan fingerprint density at radius 3 is 2.65 bits per heavy atom. The maximum absolute atomic E-state index is 9.96. The SMILES string of the molecule is CC1(C)[C@H](O)C[C@@H]1Nc1nc(NCCc2ccc(OC3CCCC3)cc2)ncc1C#N.[HH]. The molecule has 7 nitrogen and oxygen atoms in total. The van der Waals surface area contributed by atoms with E-state index in [2.05, 4.69) is 38.8 Å². The van der Waals surface area contributed by atoms with Gasteiger partial charge in [-0.3, -0.25) is 0 Å². The number of benzene rings is 1. The van der Waals surface area contributed by atoms with E-state index in [1.165, 1.54) is 24.6 Å². The molecule has 1 aromatic carbocycles. The van der Waals surface area contributed by atoms with Crippen LogP contribution in [0.25, 0.3) is 0 Å². The van der Waals surface area contributed by atoms with Gasteiger partial charge < -0.3 is 20.5 Å². The maximum atomic E-state index is 9.96. The van der Waals surface area contributed by atoms with E-state index in [0.29, 0.717) is 36.4 Å². The van der Waals surface area contributed by atoms with Crippen molar-refractivity contribution >= 4 is 11.8 Å². The number of aliphatic hydroxyl groups is 1. The summed E-state index contributed by atoms with van der Waals surface area (Å²) in [5.74, 6) is 1.94. The molecule has 2 saturated carbocycles. The van der Waals surface area contributed by atoms with E-state index < -0.39 is 0 Å². The van der Waals surface area contributed by atoms with Crippen molar-refractivity contribution in [2.24, 2.45) is 5.41 Å². The molecule has 1 aromatic heterocycles. The first-order chi connectivity index (χ1) is 15.0. The second-order valence-electron chi connectivity index (χ2n) is 9.18. The van der Waals surface area contributed by atoms with Crippen LogP contribution in [0.1, 0.15) is 58.5 Å². The fraction of sp³-hybridized carbons (Fsp3) is 0.542. The van der Waals surface area contributed by atoms with Crippen LogP contribution in [-0.2, 0) is 6.42 Å². The zero-order valence-corrected chi connectivity index (χ0v) is 18.3. The van der Waals surface area contributed by atoms with Crippen molar-refractivity contribution in [1.29, 1.82) is 5.26 Å². The summed E-state index contributed by atoms with van der Waals surface area (Å²) in [6, 6.07) is 10.5. The molecule has 0 bridgehead atoms. The number of rotatable bonds is 8. The Labute approximate surface area is 185 Å². The zero-order valence-electron chi connectivity index (χ0n) is 18.3. The number of ether oxygens (including phenoxy) is 1. The standard InChI is InChI=1S/C24H31N5O2.H2/c1-24(2)20(13-21(24)30)28-22-17(14-25)15-27-23(29-22)26-12-11-16-7-9-19(10-8-16)31-18-5-3-4-6-18;/h7-10,15,18,20-21,30H,3-6,11-13H2,1-2H3,(H2,26,27,28,29);1H/t20-,21+;/m0./s1. The second kappa shape index (κ2) is 9.11. The summed E-state index contributed by atoms with van der Waals surface area (Å²) in [6.45, 7) is 4.70. The summed E-state index contributed by atoms with van der Waals surface area (Å²) in [7, 11) is 0.